The van der Waals surface area contributed by atoms with Crippen LogP contribution in [-0.2, 0) is 10.0 Å². The molecule has 0 spiro atoms. The highest BCUT2D eigenvalue weighted by Gasteiger charge is 2.18. The summed E-state index contributed by atoms with van der Waals surface area (Å²) in [5.74, 6) is -1.05. The van der Waals surface area contributed by atoms with E-state index in [1.165, 1.54) is 12.1 Å². The molecule has 0 bridgehead atoms. The van der Waals surface area contributed by atoms with Gasteiger partial charge in [-0.15, -0.1) is 0 Å². The molecule has 0 aliphatic carbocycles. The highest BCUT2D eigenvalue weighted by atomic mass is 35.5. The van der Waals surface area contributed by atoms with Crippen LogP contribution in [0.15, 0.2) is 77.7 Å². The molecule has 0 atom stereocenters. The van der Waals surface area contributed by atoms with Crippen molar-refractivity contribution in [2.75, 3.05) is 10.0 Å². The van der Waals surface area contributed by atoms with Gasteiger partial charge in [0.1, 0.15) is 5.82 Å². The van der Waals surface area contributed by atoms with Crippen molar-refractivity contribution < 1.29 is 17.6 Å². The Bertz CT molecular complexity index is 1090. The molecule has 3 aromatic carbocycles. The number of para-hydroxylation sites is 1. The first-order valence-corrected chi connectivity index (χ1v) is 9.65. The average molecular weight is 405 g/mol. The van der Waals surface area contributed by atoms with E-state index in [4.69, 9.17) is 11.6 Å². The lowest BCUT2D eigenvalue weighted by Gasteiger charge is -2.13. The predicted octanol–water partition coefficient (Wildman–Crippen LogP) is 4.53. The van der Waals surface area contributed by atoms with Gasteiger partial charge in [-0.3, -0.25) is 9.52 Å². The van der Waals surface area contributed by atoms with Crippen LogP contribution in [0.25, 0.3) is 0 Å². The number of nitrogens with one attached hydrogen (secondary N) is 2. The van der Waals surface area contributed by atoms with Crippen molar-refractivity contribution in [2.45, 2.75) is 4.90 Å². The van der Waals surface area contributed by atoms with E-state index in [1.54, 1.807) is 36.4 Å². The molecule has 0 aliphatic heterocycles. The second-order valence-corrected chi connectivity index (χ2v) is 7.69. The standard InChI is InChI=1S/C19H14ClFN2O3S/c20-13-4-3-5-15(12-13)22-19(24)17-6-1-2-7-18(17)23-27(25,26)16-10-8-14(21)9-11-16/h1-12,23H,(H,22,24). The fourth-order valence-electron chi connectivity index (χ4n) is 2.35. The summed E-state index contributed by atoms with van der Waals surface area (Å²) in [5.41, 5.74) is 0.702. The molecule has 0 aromatic heterocycles. The van der Waals surface area contributed by atoms with Gasteiger partial charge in [-0.25, -0.2) is 12.8 Å². The van der Waals surface area contributed by atoms with Gasteiger partial charge >= 0.3 is 0 Å². The third-order valence-corrected chi connectivity index (χ3v) is 5.24. The average Bonchev–Trinajstić information content (AvgIpc) is 2.62. The maximum atomic E-state index is 13.0. The maximum Gasteiger partial charge on any atom is 0.261 e. The molecule has 3 aromatic rings. The number of carbonyl (C=O) groups is 1. The lowest BCUT2D eigenvalue weighted by molar-refractivity contribution is 0.102. The summed E-state index contributed by atoms with van der Waals surface area (Å²) >= 11 is 5.90. The Morgan fingerprint density at radius 2 is 1.63 bits per heavy atom. The number of rotatable bonds is 5. The van der Waals surface area contributed by atoms with Gasteiger partial charge in [0.2, 0.25) is 0 Å². The molecule has 0 saturated carbocycles. The van der Waals surface area contributed by atoms with E-state index in [0.29, 0.717) is 10.7 Å². The second-order valence-electron chi connectivity index (χ2n) is 5.57. The first kappa shape index (κ1) is 18.9. The summed E-state index contributed by atoms with van der Waals surface area (Å²) in [4.78, 5) is 12.5. The topological polar surface area (TPSA) is 75.3 Å². The number of anilines is 2. The van der Waals surface area contributed by atoms with E-state index in [1.807, 2.05) is 0 Å². The number of halogens is 2. The quantitative estimate of drug-likeness (QED) is 0.655. The van der Waals surface area contributed by atoms with E-state index in [0.717, 1.165) is 24.3 Å². The molecular weight excluding hydrogens is 391 g/mol. The van der Waals surface area contributed by atoms with Crippen molar-refractivity contribution in [3.63, 3.8) is 0 Å². The molecule has 0 radical (unpaired) electrons. The molecule has 3 rings (SSSR count). The van der Waals surface area contributed by atoms with E-state index in [2.05, 4.69) is 10.0 Å². The van der Waals surface area contributed by atoms with Gasteiger partial charge in [0.25, 0.3) is 15.9 Å². The molecule has 5 nitrogen and oxygen atoms in total. The SMILES string of the molecule is O=C(Nc1cccc(Cl)c1)c1ccccc1NS(=O)(=O)c1ccc(F)cc1. The first-order valence-electron chi connectivity index (χ1n) is 7.79. The molecule has 0 fully saturated rings. The van der Waals surface area contributed by atoms with E-state index in [-0.39, 0.29) is 16.1 Å². The van der Waals surface area contributed by atoms with Crippen LogP contribution in [0.4, 0.5) is 15.8 Å². The fourth-order valence-corrected chi connectivity index (χ4v) is 3.62. The summed E-state index contributed by atoms with van der Waals surface area (Å²) in [5, 5.41) is 3.12. The molecule has 0 aliphatic rings. The maximum absolute atomic E-state index is 13.0. The zero-order valence-corrected chi connectivity index (χ0v) is 15.4. The Kier molecular flexibility index (Phi) is 5.43. The Balaban J connectivity index is 1.87. The molecule has 1 amide bonds. The third-order valence-electron chi connectivity index (χ3n) is 3.62. The van der Waals surface area contributed by atoms with Crippen LogP contribution in [0.3, 0.4) is 0 Å². The molecule has 27 heavy (non-hydrogen) atoms. The van der Waals surface area contributed by atoms with Gasteiger partial charge < -0.3 is 5.32 Å². The van der Waals surface area contributed by atoms with Crippen LogP contribution in [-0.4, -0.2) is 14.3 Å². The van der Waals surface area contributed by atoms with Crippen LogP contribution in [0.1, 0.15) is 10.4 Å². The van der Waals surface area contributed by atoms with Crippen molar-refractivity contribution in [1.29, 1.82) is 0 Å². The summed E-state index contributed by atoms with van der Waals surface area (Å²) in [6.45, 7) is 0. The normalized spacial score (nSPS) is 11.0. The molecule has 0 unspecified atom stereocenters. The summed E-state index contributed by atoms with van der Waals surface area (Å²) in [7, 11) is -3.98. The number of sulfonamides is 1. The fraction of sp³-hybridized carbons (Fsp3) is 0. The Hall–Kier alpha value is -2.90. The van der Waals surface area contributed by atoms with Gasteiger partial charge in [0.05, 0.1) is 16.1 Å². The monoisotopic (exact) mass is 404 g/mol. The minimum atomic E-state index is -3.98. The van der Waals surface area contributed by atoms with Gasteiger partial charge in [-0.2, -0.15) is 0 Å². The molecular formula is C19H14ClFN2O3S. The van der Waals surface area contributed by atoms with Crippen molar-refractivity contribution >= 4 is 38.9 Å². The number of carbonyl (C=O) groups excluding carboxylic acids is 1. The number of hydrogen-bond acceptors (Lipinski definition) is 3. The summed E-state index contributed by atoms with van der Waals surface area (Å²) < 4.78 is 40.4. The molecule has 138 valence electrons. The number of hydrogen-bond donors (Lipinski definition) is 2. The number of benzene rings is 3. The van der Waals surface area contributed by atoms with E-state index >= 15 is 0 Å². The molecule has 2 N–H and O–H groups in total. The highest BCUT2D eigenvalue weighted by Crippen LogP contribution is 2.22. The Morgan fingerprint density at radius 3 is 2.33 bits per heavy atom. The Morgan fingerprint density at radius 1 is 0.926 bits per heavy atom. The van der Waals surface area contributed by atoms with Crippen molar-refractivity contribution in [1.82, 2.24) is 0 Å². The zero-order chi connectivity index (χ0) is 19.4. The molecule has 8 heteroatoms. The van der Waals surface area contributed by atoms with Gasteiger partial charge in [0, 0.05) is 10.7 Å². The molecule has 0 saturated heterocycles. The van der Waals surface area contributed by atoms with Crippen LogP contribution in [0, 0.1) is 5.82 Å². The lowest BCUT2D eigenvalue weighted by atomic mass is 10.1. The Labute approximate surface area is 160 Å². The van der Waals surface area contributed by atoms with Crippen LogP contribution in [0.2, 0.25) is 5.02 Å². The van der Waals surface area contributed by atoms with Crippen LogP contribution in [0.5, 0.6) is 0 Å². The third kappa shape index (κ3) is 4.64. The highest BCUT2D eigenvalue weighted by molar-refractivity contribution is 7.92. The predicted molar refractivity (Wildman–Crippen MR) is 103 cm³/mol. The van der Waals surface area contributed by atoms with Crippen molar-refractivity contribution in [3.05, 3.63) is 89.2 Å². The summed E-state index contributed by atoms with van der Waals surface area (Å²) in [6.07, 6.45) is 0. The van der Waals surface area contributed by atoms with Crippen molar-refractivity contribution in [3.8, 4) is 0 Å². The lowest BCUT2D eigenvalue weighted by Crippen LogP contribution is -2.18. The van der Waals surface area contributed by atoms with Gasteiger partial charge in [-0.1, -0.05) is 29.8 Å². The van der Waals surface area contributed by atoms with E-state index in [9.17, 15) is 17.6 Å². The van der Waals surface area contributed by atoms with Crippen LogP contribution >= 0.6 is 11.6 Å². The van der Waals surface area contributed by atoms with Crippen molar-refractivity contribution in [2.24, 2.45) is 0 Å². The van der Waals surface area contributed by atoms with Crippen LogP contribution < -0.4 is 10.0 Å². The molecule has 0 heterocycles. The minimum Gasteiger partial charge on any atom is -0.322 e. The van der Waals surface area contributed by atoms with Gasteiger partial charge in [-0.05, 0) is 54.6 Å². The van der Waals surface area contributed by atoms with Gasteiger partial charge in [0.15, 0.2) is 0 Å². The summed E-state index contributed by atoms with van der Waals surface area (Å²) in [6, 6.07) is 17.1. The minimum absolute atomic E-state index is 0.0985. The smallest absolute Gasteiger partial charge is 0.261 e. The first-order chi connectivity index (χ1) is 12.8. The zero-order valence-electron chi connectivity index (χ0n) is 13.8. The second kappa shape index (κ2) is 7.77. The number of amides is 1. The largest absolute Gasteiger partial charge is 0.322 e. The van der Waals surface area contributed by atoms with E-state index < -0.39 is 21.7 Å².